The average molecular weight is 656 g/mol. The second-order valence-electron chi connectivity index (χ2n) is 12.1. The van der Waals surface area contributed by atoms with Gasteiger partial charge >= 0.3 is 5.97 Å². The first-order valence-corrected chi connectivity index (χ1v) is 17.0. The number of aliphatic imine (C=N–C) groups is 1. The highest BCUT2D eigenvalue weighted by Crippen LogP contribution is 2.42. The molecule has 250 valence electrons. The van der Waals surface area contributed by atoms with Crippen molar-refractivity contribution in [2.75, 3.05) is 64.1 Å². The Morgan fingerprint density at radius 2 is 1.78 bits per heavy atom. The Morgan fingerprint density at radius 3 is 2.39 bits per heavy atom. The van der Waals surface area contributed by atoms with Crippen LogP contribution in [0.2, 0.25) is 0 Å². The van der Waals surface area contributed by atoms with Gasteiger partial charge < -0.3 is 24.1 Å². The molecule has 1 unspecified atom stereocenters. The van der Waals surface area contributed by atoms with E-state index in [1.165, 1.54) is 14.2 Å². The number of ether oxygens (including phenoxy) is 4. The molecule has 1 saturated heterocycles. The van der Waals surface area contributed by atoms with E-state index in [4.69, 9.17) is 23.9 Å². The number of methoxy groups -OCH3 is 2. The lowest BCUT2D eigenvalue weighted by Crippen LogP contribution is -2.38. The monoisotopic (exact) mass is 655 g/mol. The third kappa shape index (κ3) is 8.68. The summed E-state index contributed by atoms with van der Waals surface area (Å²) >= 11 is 0. The van der Waals surface area contributed by atoms with E-state index in [0.717, 1.165) is 36.0 Å². The van der Waals surface area contributed by atoms with Gasteiger partial charge in [-0.05, 0) is 47.1 Å². The molecule has 0 radical (unpaired) electrons. The Balaban J connectivity index is 1.80. The van der Waals surface area contributed by atoms with Gasteiger partial charge in [-0.2, -0.15) is 0 Å². The van der Waals surface area contributed by atoms with Crippen molar-refractivity contribution in [3.05, 3.63) is 59.7 Å². The number of carboxylic acids is 1. The zero-order chi connectivity index (χ0) is 33.5. The van der Waals surface area contributed by atoms with Crippen LogP contribution in [-0.4, -0.2) is 89.7 Å². The number of rotatable bonds is 13. The molecule has 0 spiro atoms. The van der Waals surface area contributed by atoms with Gasteiger partial charge in [0.05, 0.1) is 51.2 Å². The van der Waals surface area contributed by atoms with E-state index in [2.05, 4.69) is 9.62 Å². The molecule has 0 aromatic heterocycles. The topological polar surface area (TPSA) is 136 Å². The van der Waals surface area contributed by atoms with Crippen LogP contribution in [0.4, 0.5) is 11.4 Å². The van der Waals surface area contributed by atoms with Crippen molar-refractivity contribution in [1.29, 1.82) is 0 Å². The largest absolute Gasteiger partial charge is 0.492 e. The van der Waals surface area contributed by atoms with Crippen molar-refractivity contribution in [2.24, 2.45) is 4.99 Å². The highest BCUT2D eigenvalue weighted by atomic mass is 32.2. The molecule has 1 aliphatic rings. The number of hydrogen-bond donors (Lipinski definition) is 2. The number of fused-ring (bicyclic) bond motifs is 1. The number of anilines is 1. The summed E-state index contributed by atoms with van der Waals surface area (Å²) in [5, 5.41) is 11.7. The van der Waals surface area contributed by atoms with E-state index in [-0.39, 0.29) is 34.9 Å². The molecular formula is C34H45N3O8S. The predicted octanol–water partition coefficient (Wildman–Crippen LogP) is 5.55. The van der Waals surface area contributed by atoms with Crippen molar-refractivity contribution in [2.45, 2.75) is 45.4 Å². The number of sulfonamides is 1. The zero-order valence-electron chi connectivity index (χ0n) is 27.5. The maximum Gasteiger partial charge on any atom is 0.304 e. The van der Waals surface area contributed by atoms with E-state index in [9.17, 15) is 18.3 Å². The molecule has 0 bridgehead atoms. The normalized spacial score (nSPS) is 15.4. The Kier molecular flexibility index (Phi) is 11.5. The summed E-state index contributed by atoms with van der Waals surface area (Å²) < 4.78 is 51.0. The minimum atomic E-state index is -3.64. The van der Waals surface area contributed by atoms with Crippen LogP contribution in [0, 0.1) is 0 Å². The standard InChI is InChI=1S/C34H45N3O8S/c1-7-46(40,41)36-29-21-23(34(2,3)4)20-28(32(29)42-5)35-33(43-6)27(22-31(38)39)25-12-13-30(26-11-9-8-10-24(25)26)45-19-16-37-14-17-44-18-15-37/h8-13,20-21,27,36H,7,14-19,22H2,1-6H3,(H,38,39). The number of carbonyl (C=O) groups is 1. The van der Waals surface area contributed by atoms with Crippen molar-refractivity contribution in [3.63, 3.8) is 0 Å². The van der Waals surface area contributed by atoms with Crippen molar-refractivity contribution >= 4 is 44.0 Å². The molecule has 0 amide bonds. The SMILES string of the molecule is CCS(=O)(=O)Nc1cc(C(C)(C)C)cc(N=C(OC)C(CC(=O)O)c2ccc(OCCN3CCOCC3)c3ccccc23)c1OC. The fourth-order valence-electron chi connectivity index (χ4n) is 5.38. The number of nitrogens with zero attached hydrogens (tertiary/aromatic N) is 2. The van der Waals surface area contributed by atoms with Crippen molar-refractivity contribution < 1.29 is 37.3 Å². The second-order valence-corrected chi connectivity index (χ2v) is 14.1. The van der Waals surface area contributed by atoms with E-state index in [0.29, 0.717) is 36.8 Å². The Hall–Kier alpha value is -3.87. The summed E-state index contributed by atoms with van der Waals surface area (Å²) in [5.41, 5.74) is 1.69. The zero-order valence-corrected chi connectivity index (χ0v) is 28.3. The maximum atomic E-state index is 12.6. The Bertz CT molecular complexity index is 1660. The average Bonchev–Trinajstić information content (AvgIpc) is 3.02. The van der Waals surface area contributed by atoms with Gasteiger partial charge in [-0.1, -0.05) is 51.1 Å². The van der Waals surface area contributed by atoms with E-state index in [1.54, 1.807) is 13.0 Å². The third-order valence-electron chi connectivity index (χ3n) is 7.96. The predicted molar refractivity (Wildman–Crippen MR) is 181 cm³/mol. The first-order valence-electron chi connectivity index (χ1n) is 15.4. The lowest BCUT2D eigenvalue weighted by Gasteiger charge is -2.26. The molecular weight excluding hydrogens is 610 g/mol. The van der Waals surface area contributed by atoms with Crippen LogP contribution in [0.25, 0.3) is 10.8 Å². The number of nitrogens with one attached hydrogen (secondary N) is 1. The minimum Gasteiger partial charge on any atom is -0.492 e. The third-order valence-corrected chi connectivity index (χ3v) is 9.25. The summed E-state index contributed by atoms with van der Waals surface area (Å²) in [6.07, 6.45) is -0.301. The number of carboxylic acid groups (broad SMARTS) is 1. The molecule has 1 atom stereocenters. The molecule has 3 aromatic rings. The van der Waals surface area contributed by atoms with Crippen LogP contribution in [0.3, 0.4) is 0 Å². The van der Waals surface area contributed by atoms with Crippen LogP contribution in [0.1, 0.15) is 51.2 Å². The van der Waals surface area contributed by atoms with Gasteiger partial charge in [0.2, 0.25) is 10.0 Å². The quantitative estimate of drug-likeness (QED) is 0.179. The van der Waals surface area contributed by atoms with Gasteiger partial charge in [0, 0.05) is 25.0 Å². The number of hydrogen-bond acceptors (Lipinski definition) is 9. The number of benzene rings is 3. The molecule has 1 aliphatic heterocycles. The first-order chi connectivity index (χ1) is 21.9. The van der Waals surface area contributed by atoms with E-state index < -0.39 is 21.9 Å². The molecule has 0 saturated carbocycles. The van der Waals surface area contributed by atoms with E-state index >= 15 is 0 Å². The summed E-state index contributed by atoms with van der Waals surface area (Å²) in [7, 11) is -0.767. The van der Waals surface area contributed by atoms with Crippen LogP contribution < -0.4 is 14.2 Å². The summed E-state index contributed by atoms with van der Waals surface area (Å²) in [5.74, 6) is -0.904. The van der Waals surface area contributed by atoms with Crippen molar-refractivity contribution in [3.8, 4) is 11.5 Å². The highest BCUT2D eigenvalue weighted by molar-refractivity contribution is 7.92. The second kappa shape index (κ2) is 15.1. The van der Waals surface area contributed by atoms with Crippen LogP contribution in [-0.2, 0) is 29.7 Å². The number of aliphatic carboxylic acids is 1. The summed E-state index contributed by atoms with van der Waals surface area (Å²) in [6.45, 7) is 12.0. The van der Waals surface area contributed by atoms with Crippen LogP contribution in [0.15, 0.2) is 53.5 Å². The van der Waals surface area contributed by atoms with Gasteiger partial charge in [0.25, 0.3) is 0 Å². The summed E-state index contributed by atoms with van der Waals surface area (Å²) in [6, 6.07) is 15.0. The van der Waals surface area contributed by atoms with Gasteiger partial charge in [0.1, 0.15) is 18.0 Å². The van der Waals surface area contributed by atoms with Crippen molar-refractivity contribution in [1.82, 2.24) is 4.90 Å². The van der Waals surface area contributed by atoms with Gasteiger partial charge in [-0.15, -0.1) is 0 Å². The number of morpholine rings is 1. The maximum absolute atomic E-state index is 12.6. The van der Waals surface area contributed by atoms with Gasteiger partial charge in [-0.25, -0.2) is 13.4 Å². The van der Waals surface area contributed by atoms with Gasteiger partial charge in [-0.3, -0.25) is 14.4 Å². The van der Waals surface area contributed by atoms with Crippen LogP contribution in [0.5, 0.6) is 11.5 Å². The highest BCUT2D eigenvalue weighted by Gasteiger charge is 2.28. The fraction of sp³-hybridized carbons (Fsp3) is 0.471. The molecule has 2 N–H and O–H groups in total. The Morgan fingerprint density at radius 1 is 1.09 bits per heavy atom. The molecule has 12 heteroatoms. The lowest BCUT2D eigenvalue weighted by molar-refractivity contribution is -0.137. The Labute approximate surface area is 271 Å². The molecule has 46 heavy (non-hydrogen) atoms. The molecule has 1 fully saturated rings. The van der Waals surface area contributed by atoms with E-state index in [1.807, 2.05) is 63.2 Å². The molecule has 4 rings (SSSR count). The first kappa shape index (κ1) is 35.0. The molecule has 0 aliphatic carbocycles. The summed E-state index contributed by atoms with van der Waals surface area (Å²) in [4.78, 5) is 19.4. The fourth-order valence-corrected chi connectivity index (χ4v) is 6.01. The van der Waals surface area contributed by atoms with Gasteiger partial charge in [0.15, 0.2) is 11.6 Å². The smallest absolute Gasteiger partial charge is 0.304 e. The minimum absolute atomic E-state index is 0.126. The molecule has 3 aromatic carbocycles. The molecule has 11 nitrogen and oxygen atoms in total. The van der Waals surface area contributed by atoms with Crippen LogP contribution >= 0.6 is 0 Å². The molecule has 1 heterocycles. The lowest BCUT2D eigenvalue weighted by atomic mass is 9.86.